The SMILES string of the molecule is CC(C)N(CC(=O)N1c2ccccc2-n2cccc2[C@@H]1c1cccc(Cl)c1)C(=O)Nc1ccccc1Br. The number of benzene rings is 3. The van der Waals surface area contributed by atoms with Crippen molar-refractivity contribution in [1.29, 1.82) is 0 Å². The fraction of sp³-hybridized carbons (Fsp3) is 0.172. The molecule has 4 aromatic rings. The van der Waals surface area contributed by atoms with Crippen LogP contribution in [0.5, 0.6) is 0 Å². The Hall–Kier alpha value is -3.55. The van der Waals surface area contributed by atoms with Crippen LogP contribution in [-0.4, -0.2) is 34.0 Å². The lowest BCUT2D eigenvalue weighted by molar-refractivity contribution is -0.119. The predicted octanol–water partition coefficient (Wildman–Crippen LogP) is 7.27. The second-order valence-corrected chi connectivity index (χ2v) is 10.4. The minimum absolute atomic E-state index is 0.0972. The van der Waals surface area contributed by atoms with Crippen LogP contribution >= 0.6 is 27.5 Å². The van der Waals surface area contributed by atoms with Crippen molar-refractivity contribution in [2.45, 2.75) is 25.9 Å². The van der Waals surface area contributed by atoms with Crippen molar-refractivity contribution in [3.63, 3.8) is 0 Å². The van der Waals surface area contributed by atoms with Gasteiger partial charge >= 0.3 is 6.03 Å². The first-order chi connectivity index (χ1) is 17.8. The average molecular weight is 578 g/mol. The minimum atomic E-state index is -0.406. The largest absolute Gasteiger partial charge is 0.322 e. The number of urea groups is 1. The Morgan fingerprint density at radius 3 is 2.43 bits per heavy atom. The van der Waals surface area contributed by atoms with Crippen molar-refractivity contribution in [3.8, 4) is 5.69 Å². The molecule has 6 nitrogen and oxygen atoms in total. The van der Waals surface area contributed by atoms with Crippen molar-refractivity contribution in [2.24, 2.45) is 0 Å². The van der Waals surface area contributed by atoms with E-state index in [9.17, 15) is 9.59 Å². The third-order valence-electron chi connectivity index (χ3n) is 6.46. The number of carbonyl (C=O) groups excluding carboxylic acids is 2. The zero-order chi connectivity index (χ0) is 26.1. The van der Waals surface area contributed by atoms with E-state index in [0.717, 1.165) is 27.1 Å². The molecule has 0 fully saturated rings. The maximum absolute atomic E-state index is 14.2. The number of nitrogens with zero attached hydrogens (tertiary/aromatic N) is 3. The van der Waals surface area contributed by atoms with Gasteiger partial charge in [-0.1, -0.05) is 48.0 Å². The number of hydrogen-bond donors (Lipinski definition) is 1. The summed E-state index contributed by atoms with van der Waals surface area (Å²) in [4.78, 5) is 30.8. The maximum Gasteiger partial charge on any atom is 0.322 e. The van der Waals surface area contributed by atoms with Crippen LogP contribution in [0.3, 0.4) is 0 Å². The lowest BCUT2D eigenvalue weighted by atomic mass is 9.97. The van der Waals surface area contributed by atoms with E-state index in [1.807, 2.05) is 105 Å². The topological polar surface area (TPSA) is 57.6 Å². The van der Waals surface area contributed by atoms with Gasteiger partial charge < -0.3 is 14.8 Å². The third kappa shape index (κ3) is 4.89. The summed E-state index contributed by atoms with van der Waals surface area (Å²) in [5, 5.41) is 3.52. The lowest BCUT2D eigenvalue weighted by Gasteiger charge is -2.40. The molecule has 0 radical (unpaired) electrons. The second kappa shape index (κ2) is 10.4. The van der Waals surface area contributed by atoms with Gasteiger partial charge in [0.05, 0.1) is 22.8 Å². The molecule has 0 bridgehead atoms. The summed E-state index contributed by atoms with van der Waals surface area (Å²) in [5.74, 6) is -0.194. The lowest BCUT2D eigenvalue weighted by Crippen LogP contribution is -2.49. The second-order valence-electron chi connectivity index (χ2n) is 9.14. The number of nitrogens with one attached hydrogen (secondary N) is 1. The number of halogens is 2. The van der Waals surface area contributed by atoms with E-state index in [4.69, 9.17) is 11.6 Å². The van der Waals surface area contributed by atoms with Crippen LogP contribution in [0.4, 0.5) is 16.2 Å². The number of rotatable bonds is 5. The van der Waals surface area contributed by atoms with Gasteiger partial charge in [-0.25, -0.2) is 4.79 Å². The minimum Gasteiger partial charge on any atom is -0.316 e. The normalized spacial score (nSPS) is 14.2. The number of hydrogen-bond acceptors (Lipinski definition) is 2. The first kappa shape index (κ1) is 25.1. The Bertz CT molecular complexity index is 1470. The molecule has 1 aliphatic rings. The van der Waals surface area contributed by atoms with Gasteiger partial charge in [-0.05, 0) is 83.9 Å². The molecule has 0 aliphatic carbocycles. The summed E-state index contributed by atoms with van der Waals surface area (Å²) in [6.07, 6.45) is 2.00. The molecule has 0 spiro atoms. The van der Waals surface area contributed by atoms with Crippen LogP contribution in [-0.2, 0) is 4.79 Å². The smallest absolute Gasteiger partial charge is 0.316 e. The molecule has 37 heavy (non-hydrogen) atoms. The summed E-state index contributed by atoms with van der Waals surface area (Å²) in [6.45, 7) is 3.70. The van der Waals surface area contributed by atoms with Crippen molar-refractivity contribution >= 4 is 50.8 Å². The third-order valence-corrected chi connectivity index (χ3v) is 7.38. The summed E-state index contributed by atoms with van der Waals surface area (Å²) in [5.41, 5.74) is 4.16. The first-order valence-corrected chi connectivity index (χ1v) is 13.2. The average Bonchev–Trinajstić information content (AvgIpc) is 3.37. The number of fused-ring (bicyclic) bond motifs is 3. The van der Waals surface area contributed by atoms with Crippen LogP contribution in [0, 0.1) is 0 Å². The monoisotopic (exact) mass is 576 g/mol. The Kier molecular flexibility index (Phi) is 7.09. The van der Waals surface area contributed by atoms with Gasteiger partial charge in [-0.3, -0.25) is 9.69 Å². The number of anilines is 2. The fourth-order valence-electron chi connectivity index (χ4n) is 4.71. The molecule has 188 valence electrons. The fourth-order valence-corrected chi connectivity index (χ4v) is 5.30. The Balaban J connectivity index is 1.53. The van der Waals surface area contributed by atoms with Gasteiger partial charge in [0.1, 0.15) is 12.6 Å². The number of para-hydroxylation sites is 3. The van der Waals surface area contributed by atoms with E-state index in [-0.39, 0.29) is 24.5 Å². The summed E-state index contributed by atoms with van der Waals surface area (Å²) in [7, 11) is 0. The molecule has 0 unspecified atom stereocenters. The molecular weight excluding hydrogens is 552 g/mol. The molecule has 1 aliphatic heterocycles. The summed E-state index contributed by atoms with van der Waals surface area (Å²) >= 11 is 9.85. The Morgan fingerprint density at radius 1 is 0.973 bits per heavy atom. The molecule has 5 rings (SSSR count). The van der Waals surface area contributed by atoms with Gasteiger partial charge in [0, 0.05) is 21.7 Å². The quantitative estimate of drug-likeness (QED) is 0.271. The number of aromatic nitrogens is 1. The van der Waals surface area contributed by atoms with E-state index < -0.39 is 6.04 Å². The van der Waals surface area contributed by atoms with Crippen LogP contribution < -0.4 is 10.2 Å². The molecule has 8 heteroatoms. The highest BCUT2D eigenvalue weighted by Gasteiger charge is 2.37. The zero-order valence-electron chi connectivity index (χ0n) is 20.4. The van der Waals surface area contributed by atoms with Crippen molar-refractivity contribution < 1.29 is 9.59 Å². The molecule has 0 saturated carbocycles. The van der Waals surface area contributed by atoms with E-state index in [1.54, 1.807) is 9.80 Å². The predicted molar refractivity (Wildman–Crippen MR) is 152 cm³/mol. The van der Waals surface area contributed by atoms with Crippen molar-refractivity contribution in [2.75, 3.05) is 16.8 Å². The van der Waals surface area contributed by atoms with Crippen LogP contribution in [0.1, 0.15) is 31.1 Å². The molecular formula is C29H26BrClN4O2. The van der Waals surface area contributed by atoms with Gasteiger partial charge in [-0.2, -0.15) is 0 Å². The Labute approximate surface area is 229 Å². The molecule has 1 N–H and O–H groups in total. The molecule has 2 heterocycles. The number of carbonyl (C=O) groups is 2. The number of amides is 3. The van der Waals surface area contributed by atoms with Gasteiger partial charge in [0.2, 0.25) is 5.91 Å². The molecule has 1 atom stereocenters. The van der Waals surface area contributed by atoms with Gasteiger partial charge in [-0.15, -0.1) is 0 Å². The maximum atomic E-state index is 14.2. The zero-order valence-corrected chi connectivity index (χ0v) is 22.8. The molecule has 0 saturated heterocycles. The molecule has 3 aromatic carbocycles. The van der Waals surface area contributed by atoms with Gasteiger partial charge in [0.25, 0.3) is 0 Å². The van der Waals surface area contributed by atoms with Crippen LogP contribution in [0.2, 0.25) is 5.02 Å². The van der Waals surface area contributed by atoms with Gasteiger partial charge in [0.15, 0.2) is 0 Å². The Morgan fingerprint density at radius 2 is 1.70 bits per heavy atom. The summed E-state index contributed by atoms with van der Waals surface area (Å²) < 4.78 is 2.87. The highest BCUT2D eigenvalue weighted by atomic mass is 79.9. The van der Waals surface area contributed by atoms with Crippen molar-refractivity contribution in [1.82, 2.24) is 9.47 Å². The standard InChI is InChI=1S/C29H26BrClN4O2/c1-19(2)34(29(37)32-23-12-4-3-11-22(23)30)18-27(36)35-25-14-6-5-13-24(25)33-16-8-15-26(33)28(35)20-9-7-10-21(31)17-20/h3-17,19,28H,18H2,1-2H3,(H,32,37)/t28-/m0/s1. The van der Waals surface area contributed by atoms with E-state index >= 15 is 0 Å². The van der Waals surface area contributed by atoms with Crippen LogP contribution in [0.15, 0.2) is 95.6 Å². The van der Waals surface area contributed by atoms with Crippen LogP contribution in [0.25, 0.3) is 5.69 Å². The van der Waals surface area contributed by atoms with E-state index in [1.165, 1.54) is 0 Å². The molecule has 1 aromatic heterocycles. The van der Waals surface area contributed by atoms with Crippen molar-refractivity contribution in [3.05, 3.63) is 112 Å². The first-order valence-electron chi connectivity index (χ1n) is 12.0. The highest BCUT2D eigenvalue weighted by Crippen LogP contribution is 2.42. The summed E-state index contributed by atoms with van der Waals surface area (Å²) in [6, 6.07) is 25.8. The van der Waals surface area contributed by atoms with E-state index in [2.05, 4.69) is 25.8 Å². The highest BCUT2D eigenvalue weighted by molar-refractivity contribution is 9.10. The molecule has 3 amide bonds. The van der Waals surface area contributed by atoms with E-state index in [0.29, 0.717) is 10.7 Å².